The fourth-order valence-electron chi connectivity index (χ4n) is 1.53. The van der Waals surface area contributed by atoms with Gasteiger partial charge in [0.1, 0.15) is 5.21 Å². The third-order valence-corrected chi connectivity index (χ3v) is 4.60. The summed E-state index contributed by atoms with van der Waals surface area (Å²) in [6, 6.07) is 0. The number of halogens is 4. The molecule has 0 aromatic rings. The van der Waals surface area contributed by atoms with E-state index in [1.807, 2.05) is 0 Å². The summed E-state index contributed by atoms with van der Waals surface area (Å²) in [5.74, 6) is -1.57. The van der Waals surface area contributed by atoms with Crippen LogP contribution >= 0.6 is 11.6 Å². The number of alkyl halides is 4. The van der Waals surface area contributed by atoms with Crippen molar-refractivity contribution in [3.63, 3.8) is 0 Å². The van der Waals surface area contributed by atoms with E-state index in [1.165, 1.54) is 0 Å². The van der Waals surface area contributed by atoms with Crippen LogP contribution in [0.15, 0.2) is 0 Å². The predicted molar refractivity (Wildman–Crippen MR) is 50.0 cm³/mol. The third-order valence-electron chi connectivity index (χ3n) is 2.38. The topological polar surface area (TPSA) is 37.4 Å². The molecule has 0 N–H and O–H groups in total. The van der Waals surface area contributed by atoms with E-state index in [0.717, 1.165) is 4.31 Å². The minimum atomic E-state index is -4.33. The first kappa shape index (κ1) is 13.1. The molecule has 0 unspecified atom stereocenters. The van der Waals surface area contributed by atoms with Gasteiger partial charge in [-0.05, 0) is 12.8 Å². The van der Waals surface area contributed by atoms with Crippen molar-refractivity contribution < 1.29 is 21.6 Å². The molecule has 0 saturated carbocycles. The number of rotatable bonds is 2. The van der Waals surface area contributed by atoms with Crippen molar-refractivity contribution in [3.8, 4) is 0 Å². The second-order valence-electron chi connectivity index (χ2n) is 3.46. The molecule has 0 amide bonds. The number of hydrogen-bond acceptors (Lipinski definition) is 2. The van der Waals surface area contributed by atoms with Gasteiger partial charge in [0.2, 0.25) is 10.0 Å². The lowest BCUT2D eigenvalue weighted by atomic mass is 9.99. The first-order chi connectivity index (χ1) is 6.77. The van der Waals surface area contributed by atoms with E-state index in [0.29, 0.717) is 0 Å². The summed E-state index contributed by atoms with van der Waals surface area (Å²) in [6.45, 7) is -0.375. The summed E-state index contributed by atoms with van der Waals surface area (Å²) in [6.07, 6.45) is -4.13. The first-order valence-electron chi connectivity index (χ1n) is 4.38. The molecule has 3 nitrogen and oxygen atoms in total. The Morgan fingerprint density at radius 3 is 2.47 bits per heavy atom. The Kier molecular flexibility index (Phi) is 3.89. The average molecular weight is 266 g/mol. The first-order valence-corrected chi connectivity index (χ1v) is 6.52. The Hall–Kier alpha value is -0.0100. The van der Waals surface area contributed by atoms with Crippen LogP contribution in [0.5, 0.6) is 0 Å². The third kappa shape index (κ3) is 3.22. The van der Waals surface area contributed by atoms with Crippen molar-refractivity contribution in [1.29, 1.82) is 0 Å². The monoisotopic (exact) mass is 265 g/mol. The molecule has 1 rings (SSSR count). The van der Waals surface area contributed by atoms with E-state index in [-0.39, 0.29) is 19.4 Å². The minimum absolute atomic E-state index is 0.0161. The van der Waals surface area contributed by atoms with Gasteiger partial charge in [-0.2, -0.15) is 13.2 Å². The fourth-order valence-corrected chi connectivity index (χ4v) is 2.90. The molecule has 0 aromatic heterocycles. The lowest BCUT2D eigenvalue weighted by molar-refractivity contribution is -0.182. The fraction of sp³-hybridized carbons (Fsp3) is 1.00. The Balaban J connectivity index is 2.73. The van der Waals surface area contributed by atoms with Crippen molar-refractivity contribution in [3.05, 3.63) is 0 Å². The zero-order chi connectivity index (χ0) is 11.7. The minimum Gasteiger partial charge on any atom is -0.211 e. The average Bonchev–Trinajstić information content (AvgIpc) is 2.17. The van der Waals surface area contributed by atoms with Crippen LogP contribution in [-0.2, 0) is 10.0 Å². The van der Waals surface area contributed by atoms with E-state index >= 15 is 0 Å². The van der Waals surface area contributed by atoms with Crippen molar-refractivity contribution in [2.45, 2.75) is 19.0 Å². The molecule has 1 aliphatic rings. The summed E-state index contributed by atoms with van der Waals surface area (Å²) in [5.41, 5.74) is 0. The lowest BCUT2D eigenvalue weighted by Gasteiger charge is -2.32. The molecule has 0 radical (unpaired) electrons. The number of sulfonamides is 1. The van der Waals surface area contributed by atoms with Gasteiger partial charge < -0.3 is 0 Å². The smallest absolute Gasteiger partial charge is 0.211 e. The second-order valence-corrected chi connectivity index (χ2v) is 6.01. The van der Waals surface area contributed by atoms with Gasteiger partial charge in [0.15, 0.2) is 0 Å². The summed E-state index contributed by atoms with van der Waals surface area (Å²) in [7, 11) is -3.72. The van der Waals surface area contributed by atoms with Gasteiger partial charge in [0.05, 0.1) is 5.92 Å². The molecular weight excluding hydrogens is 255 g/mol. The number of hydrogen-bond donors (Lipinski definition) is 0. The van der Waals surface area contributed by atoms with Crippen LogP contribution in [0.2, 0.25) is 0 Å². The summed E-state index contributed by atoms with van der Waals surface area (Å²) < 4.78 is 60.4. The maximum atomic E-state index is 12.4. The maximum Gasteiger partial charge on any atom is 0.393 e. The van der Waals surface area contributed by atoms with Crippen LogP contribution in [0, 0.1) is 5.92 Å². The maximum absolute atomic E-state index is 12.4. The van der Waals surface area contributed by atoms with Crippen LogP contribution < -0.4 is 0 Å². The van der Waals surface area contributed by atoms with E-state index in [2.05, 4.69) is 0 Å². The summed E-state index contributed by atoms with van der Waals surface area (Å²) in [5, 5.41) is -0.669. The van der Waals surface area contributed by atoms with Gasteiger partial charge in [-0.1, -0.05) is 0 Å². The highest BCUT2D eigenvalue weighted by molar-refractivity contribution is 7.90. The van der Waals surface area contributed by atoms with Crippen LogP contribution in [0.1, 0.15) is 12.8 Å². The van der Waals surface area contributed by atoms with Gasteiger partial charge in [-0.15, -0.1) is 11.6 Å². The van der Waals surface area contributed by atoms with Crippen LogP contribution in [0.4, 0.5) is 13.2 Å². The second kappa shape index (κ2) is 4.47. The molecule has 0 aliphatic carbocycles. The van der Waals surface area contributed by atoms with Crippen molar-refractivity contribution in [1.82, 2.24) is 4.31 Å². The quantitative estimate of drug-likeness (QED) is 0.714. The molecule has 15 heavy (non-hydrogen) atoms. The van der Waals surface area contributed by atoms with E-state index in [4.69, 9.17) is 11.6 Å². The van der Waals surface area contributed by atoms with Crippen LogP contribution in [0.3, 0.4) is 0 Å². The van der Waals surface area contributed by atoms with Gasteiger partial charge >= 0.3 is 6.18 Å². The Morgan fingerprint density at radius 1 is 1.40 bits per heavy atom. The van der Waals surface area contributed by atoms with Crippen LogP contribution in [-0.4, -0.2) is 37.2 Å². The van der Waals surface area contributed by atoms with Crippen LogP contribution in [0.25, 0.3) is 0 Å². The lowest BCUT2D eigenvalue weighted by Crippen LogP contribution is -2.44. The highest BCUT2D eigenvalue weighted by Crippen LogP contribution is 2.33. The molecule has 1 aliphatic heterocycles. The molecular formula is C7H11ClF3NO2S. The Labute approximate surface area is 91.2 Å². The van der Waals surface area contributed by atoms with E-state index < -0.39 is 33.9 Å². The SMILES string of the molecule is O=S(=O)(CCl)N1CCC[C@H](C(F)(F)F)C1. The molecule has 90 valence electrons. The molecule has 0 bridgehead atoms. The van der Waals surface area contributed by atoms with Crippen molar-refractivity contribution >= 4 is 21.6 Å². The molecule has 0 spiro atoms. The standard InChI is InChI=1S/C7H11ClF3NO2S/c8-5-15(13,14)12-3-1-2-6(4-12)7(9,10)11/h6H,1-5H2/t6-/m0/s1. The van der Waals surface area contributed by atoms with Crippen molar-refractivity contribution in [2.75, 3.05) is 18.3 Å². The number of nitrogens with zero attached hydrogens (tertiary/aromatic N) is 1. The normalized spacial score (nSPS) is 25.5. The molecule has 0 aromatic carbocycles. The molecule has 1 fully saturated rings. The summed E-state index contributed by atoms with van der Waals surface area (Å²) in [4.78, 5) is 0. The molecule has 1 heterocycles. The Bertz CT molecular complexity index is 317. The van der Waals surface area contributed by atoms with Crippen molar-refractivity contribution in [2.24, 2.45) is 5.92 Å². The Morgan fingerprint density at radius 2 is 2.00 bits per heavy atom. The van der Waals surface area contributed by atoms with E-state index in [1.54, 1.807) is 0 Å². The highest BCUT2D eigenvalue weighted by atomic mass is 35.5. The van der Waals surface area contributed by atoms with Gasteiger partial charge in [-0.3, -0.25) is 0 Å². The molecule has 8 heteroatoms. The predicted octanol–water partition coefficient (Wildman–Crippen LogP) is 1.79. The molecule has 1 saturated heterocycles. The van der Waals surface area contributed by atoms with Gasteiger partial charge in [-0.25, -0.2) is 12.7 Å². The largest absolute Gasteiger partial charge is 0.393 e. The molecule has 1 atom stereocenters. The zero-order valence-corrected chi connectivity index (χ0v) is 9.37. The van der Waals surface area contributed by atoms with E-state index in [9.17, 15) is 21.6 Å². The highest BCUT2D eigenvalue weighted by Gasteiger charge is 2.43. The zero-order valence-electron chi connectivity index (χ0n) is 7.80. The van der Waals surface area contributed by atoms with Gasteiger partial charge in [0, 0.05) is 13.1 Å². The number of piperidine rings is 1. The summed E-state index contributed by atoms with van der Waals surface area (Å²) >= 11 is 5.18. The van der Waals surface area contributed by atoms with Gasteiger partial charge in [0.25, 0.3) is 0 Å².